The molecule has 0 radical (unpaired) electrons. The summed E-state index contributed by atoms with van der Waals surface area (Å²) in [5.41, 5.74) is 0.996. The second-order valence-electron chi connectivity index (χ2n) is 4.29. The minimum absolute atomic E-state index is 0.00821. The minimum atomic E-state index is -3.28. The number of hydrogen-bond acceptors (Lipinski definition) is 2. The molecule has 1 atom stereocenters. The van der Waals surface area contributed by atoms with Crippen molar-refractivity contribution in [2.75, 3.05) is 11.6 Å². The summed E-state index contributed by atoms with van der Waals surface area (Å²) in [7, 11) is -3.28. The first-order chi connectivity index (χ1) is 8.51. The Bertz CT molecular complexity index is 447. The van der Waals surface area contributed by atoms with Gasteiger partial charge in [0, 0.05) is 18.5 Å². The molecule has 0 heterocycles. The van der Waals surface area contributed by atoms with Crippen LogP contribution in [0.15, 0.2) is 30.3 Å². The van der Waals surface area contributed by atoms with E-state index < -0.39 is 10.0 Å². The first-order valence-electron chi connectivity index (χ1n) is 6.10. The van der Waals surface area contributed by atoms with Crippen LogP contribution < -0.4 is 0 Å². The molecule has 0 fully saturated rings. The van der Waals surface area contributed by atoms with Crippen molar-refractivity contribution in [3.63, 3.8) is 0 Å². The van der Waals surface area contributed by atoms with E-state index in [0.29, 0.717) is 6.54 Å². The maximum atomic E-state index is 12.2. The van der Waals surface area contributed by atoms with Crippen LogP contribution in [0.3, 0.4) is 0 Å². The lowest BCUT2D eigenvalue weighted by atomic mass is 10.2. The van der Waals surface area contributed by atoms with Gasteiger partial charge in [-0.05, 0) is 18.9 Å². The SMILES string of the molecule is CCC(C)N(Cc1ccccc1)S(=O)(=O)CCCl. The van der Waals surface area contributed by atoms with Crippen molar-refractivity contribution in [3.8, 4) is 0 Å². The summed E-state index contributed by atoms with van der Waals surface area (Å²) in [5, 5.41) is 0. The van der Waals surface area contributed by atoms with Gasteiger partial charge in [-0.25, -0.2) is 8.42 Å². The fraction of sp³-hybridized carbons (Fsp3) is 0.538. The van der Waals surface area contributed by atoms with E-state index in [0.717, 1.165) is 12.0 Å². The van der Waals surface area contributed by atoms with Crippen LogP contribution in [0.1, 0.15) is 25.8 Å². The van der Waals surface area contributed by atoms with Gasteiger partial charge in [0.1, 0.15) is 0 Å². The number of nitrogens with zero attached hydrogens (tertiary/aromatic N) is 1. The van der Waals surface area contributed by atoms with Crippen molar-refractivity contribution >= 4 is 21.6 Å². The molecular formula is C13H20ClNO2S. The zero-order chi connectivity index (χ0) is 13.6. The highest BCUT2D eigenvalue weighted by atomic mass is 35.5. The molecule has 0 bridgehead atoms. The lowest BCUT2D eigenvalue weighted by molar-refractivity contribution is 0.323. The van der Waals surface area contributed by atoms with E-state index >= 15 is 0 Å². The number of hydrogen-bond donors (Lipinski definition) is 0. The summed E-state index contributed by atoms with van der Waals surface area (Å²) < 4.78 is 25.9. The first-order valence-corrected chi connectivity index (χ1v) is 8.25. The molecule has 0 spiro atoms. The molecule has 0 aliphatic carbocycles. The van der Waals surface area contributed by atoms with Crippen molar-refractivity contribution in [1.29, 1.82) is 0 Å². The third kappa shape index (κ3) is 4.26. The fourth-order valence-corrected chi connectivity index (χ4v) is 3.77. The van der Waals surface area contributed by atoms with Crippen LogP contribution in [0.2, 0.25) is 0 Å². The highest BCUT2D eigenvalue weighted by Crippen LogP contribution is 2.16. The van der Waals surface area contributed by atoms with E-state index in [9.17, 15) is 8.42 Å². The smallest absolute Gasteiger partial charge is 0.212 e. The monoisotopic (exact) mass is 289 g/mol. The average Bonchev–Trinajstić information content (AvgIpc) is 2.36. The molecule has 0 aliphatic rings. The second kappa shape index (κ2) is 7.12. The Labute approximate surface area is 115 Å². The Hall–Kier alpha value is -0.580. The normalized spacial score (nSPS) is 13.8. The van der Waals surface area contributed by atoms with Crippen molar-refractivity contribution in [2.45, 2.75) is 32.9 Å². The molecule has 1 unspecified atom stereocenters. The number of rotatable bonds is 7. The third-order valence-electron chi connectivity index (χ3n) is 2.96. The molecule has 0 saturated carbocycles. The maximum absolute atomic E-state index is 12.2. The molecule has 1 aromatic rings. The predicted molar refractivity (Wildman–Crippen MR) is 76.2 cm³/mol. The molecule has 0 aliphatic heterocycles. The molecule has 1 aromatic carbocycles. The molecule has 0 saturated heterocycles. The van der Waals surface area contributed by atoms with E-state index in [2.05, 4.69) is 0 Å². The summed E-state index contributed by atoms with van der Waals surface area (Å²) in [6, 6.07) is 9.61. The number of halogens is 1. The van der Waals surface area contributed by atoms with Gasteiger partial charge in [0.05, 0.1) is 5.75 Å². The summed E-state index contributed by atoms with van der Waals surface area (Å²) in [6.07, 6.45) is 0.786. The molecule has 1 rings (SSSR count). The van der Waals surface area contributed by atoms with Crippen LogP contribution in [0.25, 0.3) is 0 Å². The van der Waals surface area contributed by atoms with Crippen LogP contribution in [-0.4, -0.2) is 30.4 Å². The average molecular weight is 290 g/mol. The quantitative estimate of drug-likeness (QED) is 0.724. The lowest BCUT2D eigenvalue weighted by Crippen LogP contribution is -2.39. The van der Waals surface area contributed by atoms with Crippen LogP contribution in [0, 0.1) is 0 Å². The highest BCUT2D eigenvalue weighted by Gasteiger charge is 2.25. The Morgan fingerprint density at radius 3 is 2.39 bits per heavy atom. The molecular weight excluding hydrogens is 270 g/mol. The van der Waals surface area contributed by atoms with Gasteiger partial charge in [-0.3, -0.25) is 0 Å². The van der Waals surface area contributed by atoms with Gasteiger partial charge in [0.25, 0.3) is 0 Å². The molecule has 0 N–H and O–H groups in total. The predicted octanol–water partition coefficient (Wildman–Crippen LogP) is 2.86. The largest absolute Gasteiger partial charge is 0.215 e. The lowest BCUT2D eigenvalue weighted by Gasteiger charge is -2.27. The Balaban J connectivity index is 2.93. The van der Waals surface area contributed by atoms with Gasteiger partial charge in [-0.1, -0.05) is 37.3 Å². The molecule has 3 nitrogen and oxygen atoms in total. The molecule has 5 heteroatoms. The number of sulfonamides is 1. The van der Waals surface area contributed by atoms with E-state index in [-0.39, 0.29) is 17.7 Å². The molecule has 0 amide bonds. The first kappa shape index (κ1) is 15.5. The van der Waals surface area contributed by atoms with Crippen molar-refractivity contribution in [3.05, 3.63) is 35.9 Å². The van der Waals surface area contributed by atoms with E-state index in [1.165, 1.54) is 0 Å². The third-order valence-corrected chi connectivity index (χ3v) is 5.29. The zero-order valence-corrected chi connectivity index (χ0v) is 12.4. The van der Waals surface area contributed by atoms with Gasteiger partial charge in [0.15, 0.2) is 0 Å². The highest BCUT2D eigenvalue weighted by molar-refractivity contribution is 7.89. The second-order valence-corrected chi connectivity index (χ2v) is 6.71. The van der Waals surface area contributed by atoms with E-state index in [1.54, 1.807) is 4.31 Å². The van der Waals surface area contributed by atoms with E-state index in [1.807, 2.05) is 44.2 Å². The van der Waals surface area contributed by atoms with Crippen LogP contribution >= 0.6 is 11.6 Å². The van der Waals surface area contributed by atoms with Gasteiger partial charge in [-0.2, -0.15) is 4.31 Å². The number of benzene rings is 1. The zero-order valence-electron chi connectivity index (χ0n) is 10.8. The van der Waals surface area contributed by atoms with Gasteiger partial charge < -0.3 is 0 Å². The Kier molecular flexibility index (Phi) is 6.12. The van der Waals surface area contributed by atoms with Crippen LogP contribution in [0.5, 0.6) is 0 Å². The van der Waals surface area contributed by atoms with Crippen molar-refractivity contribution < 1.29 is 8.42 Å². The minimum Gasteiger partial charge on any atom is -0.212 e. The topological polar surface area (TPSA) is 37.4 Å². The summed E-state index contributed by atoms with van der Waals surface area (Å²) in [4.78, 5) is 0. The molecule has 18 heavy (non-hydrogen) atoms. The van der Waals surface area contributed by atoms with Crippen molar-refractivity contribution in [1.82, 2.24) is 4.31 Å². The number of alkyl halides is 1. The molecule has 102 valence electrons. The Morgan fingerprint density at radius 2 is 1.89 bits per heavy atom. The van der Waals surface area contributed by atoms with Crippen LogP contribution in [0.4, 0.5) is 0 Å². The maximum Gasteiger partial charge on any atom is 0.215 e. The van der Waals surface area contributed by atoms with E-state index in [4.69, 9.17) is 11.6 Å². The summed E-state index contributed by atoms with van der Waals surface area (Å²) >= 11 is 5.58. The molecule has 0 aromatic heterocycles. The summed E-state index contributed by atoms with van der Waals surface area (Å²) in [5.74, 6) is 0.121. The van der Waals surface area contributed by atoms with Crippen molar-refractivity contribution in [2.24, 2.45) is 0 Å². The van der Waals surface area contributed by atoms with Gasteiger partial charge >= 0.3 is 0 Å². The van der Waals surface area contributed by atoms with Crippen LogP contribution in [-0.2, 0) is 16.6 Å². The van der Waals surface area contributed by atoms with Gasteiger partial charge in [-0.15, -0.1) is 11.6 Å². The standard InChI is InChI=1S/C13H20ClNO2S/c1-3-12(2)15(18(16,17)10-9-14)11-13-7-5-4-6-8-13/h4-8,12H,3,9-11H2,1-2H3. The van der Waals surface area contributed by atoms with Gasteiger partial charge in [0.2, 0.25) is 10.0 Å². The summed E-state index contributed by atoms with van der Waals surface area (Å²) in [6.45, 7) is 4.32. The Morgan fingerprint density at radius 1 is 1.28 bits per heavy atom. The fourth-order valence-electron chi connectivity index (χ4n) is 1.71.